The Kier molecular flexibility index (Phi) is 6.93. The first-order valence-corrected chi connectivity index (χ1v) is 10.7. The van der Waals surface area contributed by atoms with Gasteiger partial charge in [-0.15, -0.1) is 0 Å². The molecule has 2 N–H and O–H groups in total. The van der Waals surface area contributed by atoms with Gasteiger partial charge in [0.2, 0.25) is 5.88 Å². The van der Waals surface area contributed by atoms with E-state index < -0.39 is 11.9 Å². The molecule has 1 aliphatic carbocycles. The molecule has 1 aromatic rings. The lowest BCUT2D eigenvalue weighted by Crippen LogP contribution is -2.26. The van der Waals surface area contributed by atoms with E-state index in [2.05, 4.69) is 22.0 Å². The lowest BCUT2D eigenvalue weighted by molar-refractivity contribution is -0.139. The van der Waals surface area contributed by atoms with Crippen LogP contribution in [0, 0.1) is 11.3 Å². The van der Waals surface area contributed by atoms with E-state index in [0.717, 1.165) is 25.7 Å². The van der Waals surface area contributed by atoms with E-state index in [4.69, 9.17) is 24.7 Å². The molecule has 0 aromatic heterocycles. The van der Waals surface area contributed by atoms with Gasteiger partial charge in [-0.25, -0.2) is 4.79 Å². The number of allylic oxidation sites excluding steroid dienone is 2. The second kappa shape index (κ2) is 9.43. The Labute approximate surface area is 184 Å². The van der Waals surface area contributed by atoms with Crippen LogP contribution in [0.1, 0.15) is 51.0 Å². The van der Waals surface area contributed by atoms with Gasteiger partial charge in [-0.3, -0.25) is 0 Å². The van der Waals surface area contributed by atoms with Crippen molar-refractivity contribution in [2.75, 3.05) is 13.7 Å². The summed E-state index contributed by atoms with van der Waals surface area (Å²) in [6.45, 7) is 3.54. The summed E-state index contributed by atoms with van der Waals surface area (Å²) in [7, 11) is 1.56. The molecule has 0 saturated heterocycles. The predicted molar refractivity (Wildman–Crippen MR) is 114 cm³/mol. The number of esters is 1. The molecule has 1 saturated carbocycles. The number of ether oxygens (including phenoxy) is 4. The van der Waals surface area contributed by atoms with Gasteiger partial charge in [-0.2, -0.15) is 5.26 Å². The van der Waals surface area contributed by atoms with Crippen LogP contribution < -0.4 is 15.2 Å². The Morgan fingerprint density at radius 2 is 2.03 bits per heavy atom. The quantitative estimate of drug-likeness (QED) is 0.605. The van der Waals surface area contributed by atoms with Crippen molar-refractivity contribution >= 4 is 21.9 Å². The van der Waals surface area contributed by atoms with Crippen LogP contribution in [0.5, 0.6) is 11.5 Å². The summed E-state index contributed by atoms with van der Waals surface area (Å²) in [5.41, 5.74) is 6.98. The molecule has 0 spiro atoms. The van der Waals surface area contributed by atoms with Crippen LogP contribution in [0.15, 0.2) is 39.4 Å². The molecule has 0 bridgehead atoms. The fraction of sp³-hybridized carbons (Fsp3) is 0.455. The van der Waals surface area contributed by atoms with Crippen molar-refractivity contribution in [3.8, 4) is 17.6 Å². The summed E-state index contributed by atoms with van der Waals surface area (Å²) < 4.78 is 23.1. The van der Waals surface area contributed by atoms with Crippen molar-refractivity contribution in [1.29, 1.82) is 5.26 Å². The van der Waals surface area contributed by atoms with Gasteiger partial charge in [0.1, 0.15) is 17.4 Å². The molecule has 1 aromatic carbocycles. The van der Waals surface area contributed by atoms with Gasteiger partial charge in [0.15, 0.2) is 11.5 Å². The number of halogens is 1. The number of carbonyl (C=O) groups excluding carboxylic acids is 1. The lowest BCUT2D eigenvalue weighted by Gasteiger charge is -2.28. The second-order valence-corrected chi connectivity index (χ2v) is 8.02. The van der Waals surface area contributed by atoms with E-state index in [0.29, 0.717) is 27.3 Å². The molecule has 1 atom stereocenters. The molecule has 0 radical (unpaired) electrons. The molecule has 160 valence electrons. The average molecular weight is 477 g/mol. The normalized spacial score (nSPS) is 19.4. The number of benzene rings is 1. The van der Waals surface area contributed by atoms with E-state index in [-0.39, 0.29) is 29.7 Å². The smallest absolute Gasteiger partial charge is 0.338 e. The zero-order valence-corrected chi connectivity index (χ0v) is 18.9. The number of methoxy groups -OCH3 is 1. The Balaban J connectivity index is 2.10. The Morgan fingerprint density at radius 1 is 1.33 bits per heavy atom. The highest BCUT2D eigenvalue weighted by molar-refractivity contribution is 9.10. The lowest BCUT2D eigenvalue weighted by atomic mass is 9.83. The first-order valence-electron chi connectivity index (χ1n) is 9.90. The maximum atomic E-state index is 12.7. The number of hydrogen-bond acceptors (Lipinski definition) is 7. The zero-order valence-electron chi connectivity index (χ0n) is 17.3. The third-order valence-electron chi connectivity index (χ3n) is 5.29. The number of nitrogens with zero attached hydrogens (tertiary/aromatic N) is 1. The monoisotopic (exact) mass is 476 g/mol. The standard InChI is InChI=1S/C22H25BrN2O5/c1-4-28-22(26)19-12(2)29-21(25)15(11-24)20(19)14-9-17(27-3)18(10-16(14)23)30-13-7-5-6-8-13/h9-10,13,20H,4-8,25H2,1-3H3. The number of rotatable bonds is 6. The highest BCUT2D eigenvalue weighted by Crippen LogP contribution is 2.46. The fourth-order valence-electron chi connectivity index (χ4n) is 3.88. The molecule has 30 heavy (non-hydrogen) atoms. The van der Waals surface area contributed by atoms with Crippen LogP contribution in [0.4, 0.5) is 0 Å². The van der Waals surface area contributed by atoms with Gasteiger partial charge in [0, 0.05) is 4.47 Å². The summed E-state index contributed by atoms with van der Waals surface area (Å²) in [6, 6.07) is 5.66. The zero-order chi connectivity index (χ0) is 21.8. The number of nitriles is 1. The van der Waals surface area contributed by atoms with Crippen molar-refractivity contribution in [2.45, 2.75) is 51.6 Å². The second-order valence-electron chi connectivity index (χ2n) is 7.16. The summed E-state index contributed by atoms with van der Waals surface area (Å²) >= 11 is 3.58. The number of nitrogens with two attached hydrogens (primary N) is 1. The van der Waals surface area contributed by atoms with Gasteiger partial charge in [0.25, 0.3) is 0 Å². The van der Waals surface area contributed by atoms with E-state index in [1.54, 1.807) is 27.0 Å². The summed E-state index contributed by atoms with van der Waals surface area (Å²) in [5, 5.41) is 9.76. The number of hydrogen-bond donors (Lipinski definition) is 1. The van der Waals surface area contributed by atoms with E-state index >= 15 is 0 Å². The summed E-state index contributed by atoms with van der Waals surface area (Å²) in [5.74, 6) is 0.0746. The van der Waals surface area contributed by atoms with Crippen LogP contribution in [-0.2, 0) is 14.3 Å². The maximum Gasteiger partial charge on any atom is 0.338 e. The fourth-order valence-corrected chi connectivity index (χ4v) is 4.43. The first-order chi connectivity index (χ1) is 14.4. The van der Waals surface area contributed by atoms with Gasteiger partial charge in [-0.05, 0) is 57.2 Å². The van der Waals surface area contributed by atoms with Crippen molar-refractivity contribution < 1.29 is 23.7 Å². The van der Waals surface area contributed by atoms with Crippen LogP contribution in [0.25, 0.3) is 0 Å². The minimum atomic E-state index is -0.758. The molecular weight excluding hydrogens is 452 g/mol. The highest BCUT2D eigenvalue weighted by atomic mass is 79.9. The molecule has 8 heteroatoms. The first kappa shape index (κ1) is 22.0. The van der Waals surface area contributed by atoms with Crippen molar-refractivity contribution in [3.63, 3.8) is 0 Å². The summed E-state index contributed by atoms with van der Waals surface area (Å²) in [4.78, 5) is 12.7. The van der Waals surface area contributed by atoms with E-state index in [9.17, 15) is 10.1 Å². The van der Waals surface area contributed by atoms with E-state index in [1.807, 2.05) is 6.07 Å². The SMILES string of the molecule is CCOC(=O)C1=C(C)OC(N)=C(C#N)C1c1cc(OC)c(OC2CCCC2)cc1Br. The molecular formula is C22H25BrN2O5. The topological polar surface area (TPSA) is 104 Å². The van der Waals surface area contributed by atoms with E-state index in [1.165, 1.54) is 0 Å². The van der Waals surface area contributed by atoms with Gasteiger partial charge >= 0.3 is 5.97 Å². The van der Waals surface area contributed by atoms with Crippen LogP contribution in [0.3, 0.4) is 0 Å². The van der Waals surface area contributed by atoms with Crippen LogP contribution in [0.2, 0.25) is 0 Å². The predicted octanol–water partition coefficient (Wildman–Crippen LogP) is 4.42. The third kappa shape index (κ3) is 4.26. The molecule has 1 heterocycles. The molecule has 7 nitrogen and oxygen atoms in total. The molecule has 1 aliphatic heterocycles. The third-order valence-corrected chi connectivity index (χ3v) is 5.98. The molecule has 3 rings (SSSR count). The number of carbonyl (C=O) groups is 1. The van der Waals surface area contributed by atoms with Gasteiger partial charge < -0.3 is 24.7 Å². The minimum absolute atomic E-state index is 0.0369. The largest absolute Gasteiger partial charge is 0.493 e. The Hall–Kier alpha value is -2.66. The molecule has 1 fully saturated rings. The Morgan fingerprint density at radius 3 is 2.63 bits per heavy atom. The maximum absolute atomic E-state index is 12.7. The van der Waals surface area contributed by atoms with Crippen LogP contribution >= 0.6 is 15.9 Å². The minimum Gasteiger partial charge on any atom is -0.493 e. The Bertz CT molecular complexity index is 942. The molecule has 2 aliphatic rings. The highest BCUT2D eigenvalue weighted by Gasteiger charge is 2.38. The average Bonchev–Trinajstić information content (AvgIpc) is 3.21. The molecule has 1 unspecified atom stereocenters. The van der Waals surface area contributed by atoms with Gasteiger partial charge in [0.05, 0.1) is 31.3 Å². The van der Waals surface area contributed by atoms with Gasteiger partial charge in [-0.1, -0.05) is 15.9 Å². The summed E-state index contributed by atoms with van der Waals surface area (Å²) in [6.07, 6.45) is 4.47. The van der Waals surface area contributed by atoms with Crippen LogP contribution in [-0.4, -0.2) is 25.8 Å². The van der Waals surface area contributed by atoms with Crippen molar-refractivity contribution in [1.82, 2.24) is 0 Å². The molecule has 0 amide bonds. The van der Waals surface area contributed by atoms with Crippen molar-refractivity contribution in [2.24, 2.45) is 5.73 Å². The van der Waals surface area contributed by atoms with Crippen molar-refractivity contribution in [3.05, 3.63) is 45.0 Å².